The van der Waals surface area contributed by atoms with Gasteiger partial charge in [0.05, 0.1) is 11.8 Å². The third-order valence-corrected chi connectivity index (χ3v) is 5.56. The molecule has 0 saturated carbocycles. The summed E-state index contributed by atoms with van der Waals surface area (Å²) >= 11 is 3.46. The number of halogens is 2. The summed E-state index contributed by atoms with van der Waals surface area (Å²) in [5, 5.41) is 3.24. The van der Waals surface area contributed by atoms with Crippen LogP contribution in [0.3, 0.4) is 0 Å². The Bertz CT molecular complexity index is 1010. The van der Waals surface area contributed by atoms with Gasteiger partial charge in [0, 0.05) is 48.2 Å². The van der Waals surface area contributed by atoms with Gasteiger partial charge >= 0.3 is 0 Å². The Hall–Kier alpha value is -2.25. The fourth-order valence-electron chi connectivity index (χ4n) is 3.53. The molecule has 1 aromatic heterocycles. The van der Waals surface area contributed by atoms with E-state index in [2.05, 4.69) is 31.2 Å². The molecule has 2 N–H and O–H groups in total. The van der Waals surface area contributed by atoms with Crippen molar-refractivity contribution in [1.29, 1.82) is 0 Å². The molecule has 1 saturated heterocycles. The SMILES string of the molecule is Cc1cc(Br)ccc1Cc1c(C(=O)N2CCNCC2)cc2[nH]cnc2c1F. The Kier molecular flexibility index (Phi) is 4.97. The van der Waals surface area contributed by atoms with Crippen molar-refractivity contribution in [2.45, 2.75) is 13.3 Å². The number of nitrogens with zero attached hydrogens (tertiary/aromatic N) is 2. The Morgan fingerprint density at radius 2 is 2.07 bits per heavy atom. The molecule has 0 spiro atoms. The molecule has 1 amide bonds. The number of amides is 1. The molecule has 4 rings (SSSR count). The Balaban J connectivity index is 1.81. The van der Waals surface area contributed by atoms with Gasteiger partial charge in [-0.3, -0.25) is 4.79 Å². The first-order chi connectivity index (χ1) is 13.0. The fourth-order valence-corrected chi connectivity index (χ4v) is 4.01. The second-order valence-electron chi connectivity index (χ2n) is 6.81. The maximum absolute atomic E-state index is 15.3. The summed E-state index contributed by atoms with van der Waals surface area (Å²) in [6, 6.07) is 7.63. The minimum atomic E-state index is -0.422. The highest BCUT2D eigenvalue weighted by Crippen LogP contribution is 2.28. The van der Waals surface area contributed by atoms with Gasteiger partial charge in [0.2, 0.25) is 0 Å². The van der Waals surface area contributed by atoms with Crippen LogP contribution in [-0.2, 0) is 6.42 Å². The predicted molar refractivity (Wildman–Crippen MR) is 107 cm³/mol. The highest BCUT2D eigenvalue weighted by molar-refractivity contribution is 9.10. The average molecular weight is 431 g/mol. The third-order valence-electron chi connectivity index (χ3n) is 5.06. The lowest BCUT2D eigenvalue weighted by Crippen LogP contribution is -2.46. The monoisotopic (exact) mass is 430 g/mol. The molecule has 2 aromatic carbocycles. The molecule has 3 aromatic rings. The lowest BCUT2D eigenvalue weighted by molar-refractivity contribution is 0.0734. The van der Waals surface area contributed by atoms with Crippen LogP contribution < -0.4 is 5.32 Å². The molecule has 1 aliphatic heterocycles. The molecule has 1 aliphatic rings. The van der Waals surface area contributed by atoms with Gasteiger partial charge in [-0.2, -0.15) is 0 Å². The van der Waals surface area contributed by atoms with Crippen molar-refractivity contribution < 1.29 is 9.18 Å². The van der Waals surface area contributed by atoms with E-state index in [-0.39, 0.29) is 11.4 Å². The number of carbonyl (C=O) groups is 1. The molecule has 27 heavy (non-hydrogen) atoms. The largest absolute Gasteiger partial charge is 0.344 e. The molecular weight excluding hydrogens is 411 g/mol. The number of hydrogen-bond donors (Lipinski definition) is 2. The van der Waals surface area contributed by atoms with Crippen LogP contribution in [0.5, 0.6) is 0 Å². The first-order valence-corrected chi connectivity index (χ1v) is 9.73. The van der Waals surface area contributed by atoms with Gasteiger partial charge in [-0.05, 0) is 36.2 Å². The molecule has 0 unspecified atom stereocenters. The summed E-state index contributed by atoms with van der Waals surface area (Å²) in [6.07, 6.45) is 1.81. The second kappa shape index (κ2) is 7.40. The molecule has 2 heterocycles. The lowest BCUT2D eigenvalue weighted by atomic mass is 9.95. The Labute approximate surface area is 165 Å². The van der Waals surface area contributed by atoms with Crippen LogP contribution in [0.4, 0.5) is 4.39 Å². The van der Waals surface area contributed by atoms with Crippen molar-refractivity contribution in [1.82, 2.24) is 20.2 Å². The minimum Gasteiger partial charge on any atom is -0.344 e. The smallest absolute Gasteiger partial charge is 0.254 e. The van der Waals surface area contributed by atoms with E-state index in [1.807, 2.05) is 25.1 Å². The van der Waals surface area contributed by atoms with Crippen molar-refractivity contribution in [3.05, 3.63) is 63.1 Å². The van der Waals surface area contributed by atoms with Crippen LogP contribution in [0.1, 0.15) is 27.0 Å². The Morgan fingerprint density at radius 3 is 2.81 bits per heavy atom. The first-order valence-electron chi connectivity index (χ1n) is 8.94. The van der Waals surface area contributed by atoms with Gasteiger partial charge in [0.1, 0.15) is 5.52 Å². The number of carbonyl (C=O) groups excluding carboxylic acids is 1. The number of imidazole rings is 1. The predicted octanol–water partition coefficient (Wildman–Crippen LogP) is 3.41. The van der Waals surface area contributed by atoms with E-state index >= 15 is 4.39 Å². The van der Waals surface area contributed by atoms with Gasteiger partial charge in [-0.15, -0.1) is 0 Å². The van der Waals surface area contributed by atoms with Gasteiger partial charge in [0.25, 0.3) is 5.91 Å². The van der Waals surface area contributed by atoms with E-state index in [0.29, 0.717) is 36.2 Å². The molecule has 0 atom stereocenters. The number of aryl methyl sites for hydroxylation is 1. The van der Waals surface area contributed by atoms with Crippen molar-refractivity contribution in [3.8, 4) is 0 Å². The number of nitrogens with one attached hydrogen (secondary N) is 2. The quantitative estimate of drug-likeness (QED) is 0.669. The first kappa shape index (κ1) is 18.1. The molecule has 0 aliphatic carbocycles. The summed E-state index contributed by atoms with van der Waals surface area (Å²) in [6.45, 7) is 4.74. The summed E-state index contributed by atoms with van der Waals surface area (Å²) in [4.78, 5) is 22.0. The molecule has 7 heteroatoms. The second-order valence-corrected chi connectivity index (χ2v) is 7.72. The number of piperazine rings is 1. The molecule has 0 radical (unpaired) electrons. The van der Waals surface area contributed by atoms with Gasteiger partial charge in [-0.1, -0.05) is 22.0 Å². The van der Waals surface area contributed by atoms with Crippen LogP contribution in [-0.4, -0.2) is 47.0 Å². The zero-order valence-corrected chi connectivity index (χ0v) is 16.6. The van der Waals surface area contributed by atoms with Crippen LogP contribution in [0.2, 0.25) is 0 Å². The maximum atomic E-state index is 15.3. The molecular formula is C20H20BrFN4O. The number of hydrogen-bond acceptors (Lipinski definition) is 3. The van der Waals surface area contributed by atoms with E-state index in [4.69, 9.17) is 0 Å². The van der Waals surface area contributed by atoms with Crippen molar-refractivity contribution >= 4 is 32.9 Å². The number of H-pyrrole nitrogens is 1. The van der Waals surface area contributed by atoms with Gasteiger partial charge < -0.3 is 15.2 Å². The highest BCUT2D eigenvalue weighted by atomic mass is 79.9. The summed E-state index contributed by atoms with van der Waals surface area (Å²) < 4.78 is 16.3. The van der Waals surface area contributed by atoms with Crippen molar-refractivity contribution in [2.75, 3.05) is 26.2 Å². The van der Waals surface area contributed by atoms with E-state index < -0.39 is 5.82 Å². The number of fused-ring (bicyclic) bond motifs is 1. The van der Waals surface area contributed by atoms with Crippen molar-refractivity contribution in [3.63, 3.8) is 0 Å². The molecule has 5 nitrogen and oxygen atoms in total. The van der Waals surface area contributed by atoms with Crippen molar-refractivity contribution in [2.24, 2.45) is 0 Å². The highest BCUT2D eigenvalue weighted by Gasteiger charge is 2.25. The molecule has 0 bridgehead atoms. The fraction of sp³-hybridized carbons (Fsp3) is 0.300. The number of benzene rings is 2. The topological polar surface area (TPSA) is 61.0 Å². The van der Waals surface area contributed by atoms with Gasteiger partial charge in [0.15, 0.2) is 5.82 Å². The van der Waals surface area contributed by atoms with E-state index in [1.54, 1.807) is 11.0 Å². The summed E-state index contributed by atoms with van der Waals surface area (Å²) in [7, 11) is 0. The third kappa shape index (κ3) is 3.49. The maximum Gasteiger partial charge on any atom is 0.254 e. The normalized spacial score (nSPS) is 14.7. The van der Waals surface area contributed by atoms with Crippen LogP contribution >= 0.6 is 15.9 Å². The molecule has 1 fully saturated rings. The zero-order chi connectivity index (χ0) is 19.0. The average Bonchev–Trinajstić information content (AvgIpc) is 3.15. The number of aromatic amines is 1. The standard InChI is InChI=1S/C20H20BrFN4O/c1-12-8-14(21)3-2-13(12)9-15-16(20(27)26-6-4-23-5-7-26)10-17-19(18(15)22)25-11-24-17/h2-3,8,10-11,23H,4-7,9H2,1H3,(H,24,25). The van der Waals surface area contributed by atoms with E-state index in [0.717, 1.165) is 28.7 Å². The van der Waals surface area contributed by atoms with Crippen LogP contribution in [0, 0.1) is 12.7 Å². The summed E-state index contributed by atoms with van der Waals surface area (Å²) in [5.41, 5.74) is 3.67. The van der Waals surface area contributed by atoms with Crippen LogP contribution in [0.25, 0.3) is 11.0 Å². The van der Waals surface area contributed by atoms with E-state index in [1.165, 1.54) is 6.33 Å². The zero-order valence-electron chi connectivity index (χ0n) is 15.0. The molecule has 140 valence electrons. The van der Waals surface area contributed by atoms with E-state index in [9.17, 15) is 4.79 Å². The summed E-state index contributed by atoms with van der Waals surface area (Å²) in [5.74, 6) is -0.550. The number of aromatic nitrogens is 2. The van der Waals surface area contributed by atoms with Crippen LogP contribution in [0.15, 0.2) is 35.1 Å². The number of rotatable bonds is 3. The minimum absolute atomic E-state index is 0.128. The lowest BCUT2D eigenvalue weighted by Gasteiger charge is -2.28. The Morgan fingerprint density at radius 1 is 1.30 bits per heavy atom. The van der Waals surface area contributed by atoms with Gasteiger partial charge in [-0.25, -0.2) is 9.37 Å².